The second-order valence-electron chi connectivity index (χ2n) is 4.82. The average molecular weight is 233 g/mol. The monoisotopic (exact) mass is 233 g/mol. The Morgan fingerprint density at radius 2 is 2.12 bits per heavy atom. The molecule has 0 spiro atoms. The molecule has 1 amide bonds. The highest BCUT2D eigenvalue weighted by Crippen LogP contribution is 2.29. The van der Waals surface area contributed by atoms with E-state index >= 15 is 0 Å². The van der Waals surface area contributed by atoms with E-state index in [9.17, 15) is 4.79 Å². The standard InChI is InChI=1S/C13H19N3O/c1-9(2)15-13(17)7-10(3)16(15)12-6-4-5-11(14)8-12/h4-6,8-10H,7,14H2,1-3H3. The van der Waals surface area contributed by atoms with Crippen LogP contribution < -0.4 is 10.7 Å². The van der Waals surface area contributed by atoms with E-state index < -0.39 is 0 Å². The van der Waals surface area contributed by atoms with E-state index in [1.165, 1.54) is 0 Å². The van der Waals surface area contributed by atoms with Gasteiger partial charge in [-0.3, -0.25) is 14.8 Å². The number of nitrogens with zero attached hydrogens (tertiary/aromatic N) is 2. The van der Waals surface area contributed by atoms with E-state index in [-0.39, 0.29) is 18.0 Å². The summed E-state index contributed by atoms with van der Waals surface area (Å²) in [7, 11) is 0. The molecule has 2 N–H and O–H groups in total. The van der Waals surface area contributed by atoms with Crippen LogP contribution in [-0.4, -0.2) is 23.0 Å². The second kappa shape index (κ2) is 4.28. The summed E-state index contributed by atoms with van der Waals surface area (Å²) in [6, 6.07) is 8.01. The van der Waals surface area contributed by atoms with Crippen LogP contribution in [0.5, 0.6) is 0 Å². The minimum absolute atomic E-state index is 0.161. The lowest BCUT2D eigenvalue weighted by Gasteiger charge is -2.35. The van der Waals surface area contributed by atoms with Crippen LogP contribution in [0.15, 0.2) is 24.3 Å². The Labute approximate surface area is 102 Å². The van der Waals surface area contributed by atoms with Gasteiger partial charge in [-0.1, -0.05) is 6.07 Å². The van der Waals surface area contributed by atoms with Crippen LogP contribution >= 0.6 is 0 Å². The van der Waals surface area contributed by atoms with Crippen LogP contribution in [0.2, 0.25) is 0 Å². The van der Waals surface area contributed by atoms with Gasteiger partial charge in [0.1, 0.15) is 0 Å². The van der Waals surface area contributed by atoms with Gasteiger partial charge in [-0.25, -0.2) is 0 Å². The van der Waals surface area contributed by atoms with Gasteiger partial charge in [-0.05, 0) is 39.0 Å². The summed E-state index contributed by atoms with van der Waals surface area (Å²) >= 11 is 0. The molecule has 2 rings (SSSR count). The van der Waals surface area contributed by atoms with Crippen molar-refractivity contribution < 1.29 is 4.79 Å². The van der Waals surface area contributed by atoms with Crippen LogP contribution in [0, 0.1) is 0 Å². The van der Waals surface area contributed by atoms with E-state index in [0.717, 1.165) is 11.4 Å². The predicted molar refractivity (Wildman–Crippen MR) is 69.4 cm³/mol. The molecule has 92 valence electrons. The van der Waals surface area contributed by atoms with E-state index in [2.05, 4.69) is 6.92 Å². The number of benzene rings is 1. The zero-order valence-corrected chi connectivity index (χ0v) is 10.6. The molecule has 1 fully saturated rings. The first-order valence-electron chi connectivity index (χ1n) is 5.97. The number of hydrazine groups is 1. The lowest BCUT2D eigenvalue weighted by atomic mass is 10.2. The van der Waals surface area contributed by atoms with E-state index in [0.29, 0.717) is 6.42 Å². The number of rotatable bonds is 2. The molecule has 1 saturated heterocycles. The topological polar surface area (TPSA) is 49.6 Å². The number of carbonyl (C=O) groups is 1. The number of hydrogen-bond donors (Lipinski definition) is 1. The number of amides is 1. The summed E-state index contributed by atoms with van der Waals surface area (Å²) in [4.78, 5) is 11.9. The molecule has 0 aromatic heterocycles. The van der Waals surface area contributed by atoms with Gasteiger partial charge < -0.3 is 5.73 Å². The van der Waals surface area contributed by atoms with E-state index in [4.69, 9.17) is 5.73 Å². The largest absolute Gasteiger partial charge is 0.399 e. The highest BCUT2D eigenvalue weighted by atomic mass is 16.2. The van der Waals surface area contributed by atoms with Gasteiger partial charge in [0.15, 0.2) is 0 Å². The van der Waals surface area contributed by atoms with Crippen LogP contribution in [0.1, 0.15) is 27.2 Å². The Balaban J connectivity index is 2.38. The zero-order chi connectivity index (χ0) is 12.6. The third kappa shape index (κ3) is 2.07. The third-order valence-corrected chi connectivity index (χ3v) is 3.00. The van der Waals surface area contributed by atoms with Gasteiger partial charge in [-0.15, -0.1) is 0 Å². The molecular weight excluding hydrogens is 214 g/mol. The van der Waals surface area contributed by atoms with Crippen molar-refractivity contribution in [2.24, 2.45) is 0 Å². The Morgan fingerprint density at radius 3 is 2.71 bits per heavy atom. The summed E-state index contributed by atoms with van der Waals surface area (Å²) < 4.78 is 0. The van der Waals surface area contributed by atoms with E-state index in [1.807, 2.05) is 48.1 Å². The van der Waals surface area contributed by atoms with Crippen molar-refractivity contribution in [1.82, 2.24) is 5.01 Å². The third-order valence-electron chi connectivity index (χ3n) is 3.00. The van der Waals surface area contributed by atoms with Crippen LogP contribution in [0.3, 0.4) is 0 Å². The van der Waals surface area contributed by atoms with Crippen LogP contribution in [0.25, 0.3) is 0 Å². The highest BCUT2D eigenvalue weighted by Gasteiger charge is 2.36. The van der Waals surface area contributed by atoms with Crippen LogP contribution in [-0.2, 0) is 4.79 Å². The average Bonchev–Trinajstić information content (AvgIpc) is 2.53. The summed E-state index contributed by atoms with van der Waals surface area (Å²) in [6.07, 6.45) is 0.562. The SMILES string of the molecule is CC(C)N1C(=O)CC(C)N1c1cccc(N)c1. The number of anilines is 2. The van der Waals surface area contributed by atoms with Crippen LogP contribution in [0.4, 0.5) is 11.4 Å². The number of nitrogen functional groups attached to an aromatic ring is 1. The summed E-state index contributed by atoms with van der Waals surface area (Å²) in [5.41, 5.74) is 7.50. The molecule has 4 heteroatoms. The first-order chi connectivity index (χ1) is 8.00. The lowest BCUT2D eigenvalue weighted by molar-refractivity contribution is -0.129. The van der Waals surface area contributed by atoms with Crippen molar-refractivity contribution in [2.75, 3.05) is 10.7 Å². The number of nitrogens with two attached hydrogens (primary N) is 1. The molecule has 17 heavy (non-hydrogen) atoms. The van der Waals surface area contributed by atoms with Crippen molar-refractivity contribution in [3.63, 3.8) is 0 Å². The molecule has 1 aromatic rings. The fourth-order valence-corrected chi connectivity index (χ4v) is 2.35. The molecule has 1 heterocycles. The molecule has 1 unspecified atom stereocenters. The maximum absolute atomic E-state index is 11.9. The predicted octanol–water partition coefficient (Wildman–Crippen LogP) is 2.02. The smallest absolute Gasteiger partial charge is 0.243 e. The van der Waals surface area contributed by atoms with Crippen molar-refractivity contribution in [3.05, 3.63) is 24.3 Å². The van der Waals surface area contributed by atoms with Crippen molar-refractivity contribution in [1.29, 1.82) is 0 Å². The Hall–Kier alpha value is -1.71. The van der Waals surface area contributed by atoms with Gasteiger partial charge in [0.05, 0.1) is 18.2 Å². The van der Waals surface area contributed by atoms with Crippen molar-refractivity contribution in [3.8, 4) is 0 Å². The Morgan fingerprint density at radius 1 is 1.41 bits per heavy atom. The van der Waals surface area contributed by atoms with Gasteiger partial charge in [0.25, 0.3) is 0 Å². The molecule has 1 aliphatic heterocycles. The van der Waals surface area contributed by atoms with Gasteiger partial charge in [0, 0.05) is 11.7 Å². The number of hydrogen-bond acceptors (Lipinski definition) is 3. The van der Waals surface area contributed by atoms with Gasteiger partial charge in [-0.2, -0.15) is 0 Å². The summed E-state index contributed by atoms with van der Waals surface area (Å²) in [6.45, 7) is 6.11. The van der Waals surface area contributed by atoms with Crippen molar-refractivity contribution >= 4 is 17.3 Å². The zero-order valence-electron chi connectivity index (χ0n) is 10.6. The van der Waals surface area contributed by atoms with Gasteiger partial charge >= 0.3 is 0 Å². The number of carbonyl (C=O) groups excluding carboxylic acids is 1. The normalized spacial score (nSPS) is 20.5. The molecule has 4 nitrogen and oxygen atoms in total. The fourth-order valence-electron chi connectivity index (χ4n) is 2.35. The van der Waals surface area contributed by atoms with Gasteiger partial charge in [0.2, 0.25) is 5.91 Å². The highest BCUT2D eigenvalue weighted by molar-refractivity contribution is 5.83. The molecule has 1 aliphatic rings. The lowest BCUT2D eigenvalue weighted by Crippen LogP contribution is -2.46. The quantitative estimate of drug-likeness (QED) is 0.795. The maximum atomic E-state index is 11.9. The Kier molecular flexibility index (Phi) is 2.96. The minimum Gasteiger partial charge on any atom is -0.399 e. The molecular formula is C13H19N3O. The van der Waals surface area contributed by atoms with E-state index in [1.54, 1.807) is 0 Å². The fraction of sp³-hybridized carbons (Fsp3) is 0.462. The molecule has 0 bridgehead atoms. The Bertz CT molecular complexity index is 430. The summed E-state index contributed by atoms with van der Waals surface area (Å²) in [5, 5.41) is 3.86. The summed E-state index contributed by atoms with van der Waals surface area (Å²) in [5.74, 6) is 0.176. The molecule has 0 saturated carbocycles. The van der Waals surface area contributed by atoms with Crippen molar-refractivity contribution in [2.45, 2.75) is 39.3 Å². The maximum Gasteiger partial charge on any atom is 0.243 e. The molecule has 1 atom stereocenters. The second-order valence-corrected chi connectivity index (χ2v) is 4.82. The first-order valence-corrected chi connectivity index (χ1v) is 5.97. The molecule has 1 aromatic carbocycles. The molecule has 0 aliphatic carbocycles. The first kappa shape index (κ1) is 11.8. The minimum atomic E-state index is 0.161. The molecule has 0 radical (unpaired) electrons.